The van der Waals surface area contributed by atoms with Gasteiger partial charge in [-0.2, -0.15) is 0 Å². The van der Waals surface area contributed by atoms with E-state index < -0.39 is 0 Å². The second-order valence-corrected chi connectivity index (χ2v) is 6.27. The molecule has 2 aliphatic rings. The molecule has 1 unspecified atom stereocenters. The maximum Gasteiger partial charge on any atom is 0.0646 e. The summed E-state index contributed by atoms with van der Waals surface area (Å²) in [6.45, 7) is 14.3. The maximum absolute atomic E-state index is 5.48. The number of rotatable bonds is 4. The summed E-state index contributed by atoms with van der Waals surface area (Å²) in [4.78, 5) is 2.58. The molecule has 2 saturated heterocycles. The van der Waals surface area contributed by atoms with Crippen LogP contribution in [0.25, 0.3) is 0 Å². The van der Waals surface area contributed by atoms with Crippen molar-refractivity contribution in [2.75, 3.05) is 45.9 Å². The van der Waals surface area contributed by atoms with Crippen molar-refractivity contribution in [1.82, 2.24) is 15.5 Å². The van der Waals surface area contributed by atoms with E-state index in [4.69, 9.17) is 4.74 Å². The van der Waals surface area contributed by atoms with E-state index in [0.717, 1.165) is 52.4 Å². The summed E-state index contributed by atoms with van der Waals surface area (Å²) in [6, 6.07) is 0. The van der Waals surface area contributed by atoms with E-state index in [1.165, 1.54) is 0 Å². The van der Waals surface area contributed by atoms with Crippen LogP contribution in [0.1, 0.15) is 27.2 Å². The maximum atomic E-state index is 5.48. The Morgan fingerprint density at radius 1 is 1.35 bits per heavy atom. The number of nitrogens with zero attached hydrogens (tertiary/aromatic N) is 1. The molecule has 2 N–H and O–H groups in total. The highest BCUT2D eigenvalue weighted by atomic mass is 16.5. The minimum Gasteiger partial charge on any atom is -0.379 e. The van der Waals surface area contributed by atoms with Gasteiger partial charge in [0.15, 0.2) is 0 Å². The van der Waals surface area contributed by atoms with Gasteiger partial charge in [-0.3, -0.25) is 4.90 Å². The zero-order chi connectivity index (χ0) is 12.4. The predicted molar refractivity (Wildman–Crippen MR) is 70.4 cm³/mol. The lowest BCUT2D eigenvalue weighted by atomic mass is 9.96. The van der Waals surface area contributed by atoms with Crippen molar-refractivity contribution in [3.63, 3.8) is 0 Å². The topological polar surface area (TPSA) is 36.5 Å². The van der Waals surface area contributed by atoms with E-state index >= 15 is 0 Å². The molecule has 0 bridgehead atoms. The lowest BCUT2D eigenvalue weighted by Gasteiger charge is -2.43. The van der Waals surface area contributed by atoms with Crippen LogP contribution >= 0.6 is 0 Å². The van der Waals surface area contributed by atoms with E-state index in [0.29, 0.717) is 0 Å². The van der Waals surface area contributed by atoms with Gasteiger partial charge in [0.05, 0.1) is 6.61 Å². The largest absolute Gasteiger partial charge is 0.379 e. The van der Waals surface area contributed by atoms with Crippen LogP contribution in [0.3, 0.4) is 0 Å². The Morgan fingerprint density at radius 2 is 2.06 bits per heavy atom. The second-order valence-electron chi connectivity index (χ2n) is 6.27. The Kier molecular flexibility index (Phi) is 4.08. The Bertz CT molecular complexity index is 243. The van der Waals surface area contributed by atoms with Crippen LogP contribution in [0.5, 0.6) is 0 Å². The molecule has 0 aliphatic carbocycles. The van der Waals surface area contributed by atoms with Crippen LogP contribution in [0, 0.1) is 0 Å². The van der Waals surface area contributed by atoms with E-state index in [9.17, 15) is 0 Å². The summed E-state index contributed by atoms with van der Waals surface area (Å²) < 4.78 is 5.48. The van der Waals surface area contributed by atoms with Crippen LogP contribution in [0.2, 0.25) is 0 Å². The normalized spacial score (nSPS) is 31.9. The molecule has 2 heterocycles. The van der Waals surface area contributed by atoms with Gasteiger partial charge in [0, 0.05) is 50.4 Å². The lowest BCUT2D eigenvalue weighted by Crippen LogP contribution is -2.59. The zero-order valence-corrected chi connectivity index (χ0v) is 11.5. The molecular formula is C13H27N3O. The van der Waals surface area contributed by atoms with E-state index in [1.807, 2.05) is 0 Å². The van der Waals surface area contributed by atoms with Crippen LogP contribution in [0.4, 0.5) is 0 Å². The SMILES string of the molecule is CC1(NCC(C)(C)N2CCNCC2)CCOC1. The van der Waals surface area contributed by atoms with Crippen molar-refractivity contribution in [2.24, 2.45) is 0 Å². The average Bonchev–Trinajstić information content (AvgIpc) is 2.76. The molecular weight excluding hydrogens is 214 g/mol. The van der Waals surface area contributed by atoms with E-state index in [1.54, 1.807) is 0 Å². The molecule has 4 nitrogen and oxygen atoms in total. The third-order valence-corrected chi connectivity index (χ3v) is 4.14. The molecule has 0 spiro atoms. The van der Waals surface area contributed by atoms with Crippen molar-refractivity contribution in [3.05, 3.63) is 0 Å². The minimum atomic E-state index is 0.186. The fourth-order valence-electron chi connectivity index (χ4n) is 2.62. The fraction of sp³-hybridized carbons (Fsp3) is 1.00. The Hall–Kier alpha value is -0.160. The number of piperazine rings is 1. The molecule has 1 atom stereocenters. The first kappa shape index (κ1) is 13.3. The molecule has 4 heteroatoms. The molecule has 100 valence electrons. The highest BCUT2D eigenvalue weighted by molar-refractivity contribution is 4.93. The lowest BCUT2D eigenvalue weighted by molar-refractivity contribution is 0.0904. The third kappa shape index (κ3) is 3.41. The Labute approximate surface area is 105 Å². The Balaban J connectivity index is 1.83. The van der Waals surface area contributed by atoms with Gasteiger partial charge >= 0.3 is 0 Å². The number of ether oxygens (including phenoxy) is 1. The van der Waals surface area contributed by atoms with Crippen LogP contribution in [0.15, 0.2) is 0 Å². The third-order valence-electron chi connectivity index (χ3n) is 4.14. The molecule has 0 radical (unpaired) electrons. The molecule has 2 rings (SSSR count). The van der Waals surface area contributed by atoms with E-state index in [2.05, 4.69) is 36.3 Å². The van der Waals surface area contributed by atoms with Gasteiger partial charge in [-0.05, 0) is 27.2 Å². The summed E-state index contributed by atoms with van der Waals surface area (Å²) in [7, 11) is 0. The quantitative estimate of drug-likeness (QED) is 0.749. The predicted octanol–water partition coefficient (Wildman–Crippen LogP) is 0.439. The standard InChI is InChI=1S/C13H27N3O/c1-12(2,16-7-5-14-6-8-16)10-15-13(3)4-9-17-11-13/h14-15H,4-11H2,1-3H3. The van der Waals surface area contributed by atoms with Gasteiger partial charge in [0.1, 0.15) is 0 Å². The Morgan fingerprint density at radius 3 is 2.65 bits per heavy atom. The monoisotopic (exact) mass is 241 g/mol. The molecule has 2 fully saturated rings. The van der Waals surface area contributed by atoms with Crippen molar-refractivity contribution < 1.29 is 4.74 Å². The molecule has 2 aliphatic heterocycles. The molecule has 0 aromatic heterocycles. The zero-order valence-electron chi connectivity index (χ0n) is 11.5. The van der Waals surface area contributed by atoms with Gasteiger partial charge in [-0.25, -0.2) is 0 Å². The van der Waals surface area contributed by atoms with Gasteiger partial charge in [0.25, 0.3) is 0 Å². The van der Waals surface area contributed by atoms with Gasteiger partial charge < -0.3 is 15.4 Å². The number of hydrogen-bond donors (Lipinski definition) is 2. The fourth-order valence-corrected chi connectivity index (χ4v) is 2.62. The smallest absolute Gasteiger partial charge is 0.0646 e. The van der Waals surface area contributed by atoms with Crippen molar-refractivity contribution in [1.29, 1.82) is 0 Å². The highest BCUT2D eigenvalue weighted by Crippen LogP contribution is 2.20. The van der Waals surface area contributed by atoms with Gasteiger partial charge in [0.2, 0.25) is 0 Å². The first-order valence-corrected chi connectivity index (χ1v) is 6.80. The summed E-state index contributed by atoms with van der Waals surface area (Å²) in [5, 5.41) is 7.12. The van der Waals surface area contributed by atoms with Crippen molar-refractivity contribution in [3.8, 4) is 0 Å². The number of hydrogen-bond acceptors (Lipinski definition) is 4. The summed E-state index contributed by atoms with van der Waals surface area (Å²) in [5.41, 5.74) is 0.416. The minimum absolute atomic E-state index is 0.186. The van der Waals surface area contributed by atoms with Gasteiger partial charge in [-0.1, -0.05) is 0 Å². The second kappa shape index (κ2) is 5.22. The first-order chi connectivity index (χ1) is 8.02. The van der Waals surface area contributed by atoms with Crippen molar-refractivity contribution in [2.45, 2.75) is 38.3 Å². The summed E-state index contributed by atoms with van der Waals surface area (Å²) in [5.74, 6) is 0. The summed E-state index contributed by atoms with van der Waals surface area (Å²) >= 11 is 0. The number of nitrogens with one attached hydrogen (secondary N) is 2. The first-order valence-electron chi connectivity index (χ1n) is 6.80. The molecule has 17 heavy (non-hydrogen) atoms. The van der Waals surface area contributed by atoms with Crippen LogP contribution in [-0.2, 0) is 4.74 Å². The van der Waals surface area contributed by atoms with E-state index in [-0.39, 0.29) is 11.1 Å². The highest BCUT2D eigenvalue weighted by Gasteiger charge is 2.33. The molecule has 0 saturated carbocycles. The summed E-state index contributed by atoms with van der Waals surface area (Å²) in [6.07, 6.45) is 1.13. The molecule has 0 amide bonds. The average molecular weight is 241 g/mol. The van der Waals surface area contributed by atoms with Gasteiger partial charge in [-0.15, -0.1) is 0 Å². The van der Waals surface area contributed by atoms with Crippen LogP contribution < -0.4 is 10.6 Å². The van der Waals surface area contributed by atoms with Crippen molar-refractivity contribution >= 4 is 0 Å². The molecule has 0 aromatic rings. The molecule has 0 aromatic carbocycles. The van der Waals surface area contributed by atoms with Crippen LogP contribution in [-0.4, -0.2) is 61.9 Å².